The van der Waals surface area contributed by atoms with E-state index in [1.165, 1.54) is 0 Å². The molecule has 2 aromatic rings. The first kappa shape index (κ1) is 14.6. The number of para-hydroxylation sites is 1. The summed E-state index contributed by atoms with van der Waals surface area (Å²) >= 11 is 0. The largest absolute Gasteiger partial charge is 0.489 e. The normalized spacial score (nSPS) is 16.6. The molecule has 1 aromatic heterocycles. The first-order valence-corrected chi connectivity index (χ1v) is 7.40. The zero-order valence-corrected chi connectivity index (χ0v) is 12.9. The quantitative estimate of drug-likeness (QED) is 0.783. The van der Waals surface area contributed by atoms with Gasteiger partial charge in [-0.15, -0.1) is 0 Å². The van der Waals surface area contributed by atoms with Gasteiger partial charge in [-0.3, -0.25) is 4.79 Å². The Kier molecular flexibility index (Phi) is 4.17. The molecule has 0 bridgehead atoms. The van der Waals surface area contributed by atoms with Crippen molar-refractivity contribution < 1.29 is 4.74 Å². The van der Waals surface area contributed by atoms with Crippen LogP contribution in [0.1, 0.15) is 52.1 Å². The zero-order valence-electron chi connectivity index (χ0n) is 12.9. The van der Waals surface area contributed by atoms with E-state index in [4.69, 9.17) is 4.74 Å². The van der Waals surface area contributed by atoms with Crippen LogP contribution in [0.15, 0.2) is 29.2 Å². The van der Waals surface area contributed by atoms with E-state index in [2.05, 4.69) is 25.3 Å². The van der Waals surface area contributed by atoms with Gasteiger partial charge in [-0.1, -0.05) is 33.8 Å². The summed E-state index contributed by atoms with van der Waals surface area (Å²) in [5.41, 5.74) is 1.95. The minimum absolute atomic E-state index is 0.135. The molecule has 1 aromatic carbocycles. The van der Waals surface area contributed by atoms with E-state index >= 15 is 0 Å². The second-order valence-corrected chi connectivity index (χ2v) is 5.29. The highest BCUT2D eigenvalue weighted by Gasteiger charge is 2.21. The Morgan fingerprint density at radius 1 is 1.30 bits per heavy atom. The lowest BCUT2D eigenvalue weighted by Gasteiger charge is -2.27. The molecular weight excluding hydrogens is 250 g/mol. The van der Waals surface area contributed by atoms with Crippen molar-refractivity contribution in [1.82, 2.24) is 4.57 Å². The minimum atomic E-state index is 0.135. The van der Waals surface area contributed by atoms with Crippen LogP contribution < -0.4 is 10.2 Å². The number of ether oxygens (including phenoxy) is 1. The van der Waals surface area contributed by atoms with Crippen molar-refractivity contribution in [3.63, 3.8) is 0 Å². The molecule has 108 valence electrons. The minimum Gasteiger partial charge on any atom is -0.489 e. The molecule has 0 N–H and O–H groups in total. The topological polar surface area (TPSA) is 31.2 Å². The summed E-state index contributed by atoms with van der Waals surface area (Å²) in [5, 5.41) is 0.769. The number of benzene rings is 1. The molecule has 0 amide bonds. The van der Waals surface area contributed by atoms with E-state index < -0.39 is 0 Å². The number of pyridine rings is 1. The Labute approximate surface area is 120 Å². The van der Waals surface area contributed by atoms with Crippen molar-refractivity contribution in [2.75, 3.05) is 6.61 Å². The Morgan fingerprint density at radius 3 is 2.65 bits per heavy atom. The van der Waals surface area contributed by atoms with Gasteiger partial charge in [0, 0.05) is 17.1 Å². The third-order valence-electron chi connectivity index (χ3n) is 3.62. The molecule has 0 radical (unpaired) electrons. The lowest BCUT2D eigenvalue weighted by Crippen LogP contribution is -2.25. The number of nitrogens with zero attached hydrogens (tertiary/aromatic N) is 1. The second kappa shape index (κ2) is 5.70. The van der Waals surface area contributed by atoms with Crippen LogP contribution in [0.4, 0.5) is 0 Å². The van der Waals surface area contributed by atoms with Gasteiger partial charge in [-0.2, -0.15) is 0 Å². The molecule has 1 unspecified atom stereocenters. The van der Waals surface area contributed by atoms with Gasteiger partial charge >= 0.3 is 0 Å². The smallest absolute Gasteiger partial charge is 0.192 e. The molecular formula is C17H23NO2. The summed E-state index contributed by atoms with van der Waals surface area (Å²) in [5.74, 6) is 1.06. The molecule has 1 atom stereocenters. The molecule has 0 aliphatic carbocycles. The molecule has 0 spiro atoms. The molecule has 3 nitrogen and oxygen atoms in total. The molecule has 2 heterocycles. The summed E-state index contributed by atoms with van der Waals surface area (Å²) in [6, 6.07) is 5.98. The highest BCUT2D eigenvalue weighted by Crippen LogP contribution is 2.31. The lowest BCUT2D eigenvalue weighted by molar-refractivity contribution is 0.247. The molecule has 0 saturated heterocycles. The molecule has 20 heavy (non-hydrogen) atoms. The van der Waals surface area contributed by atoms with Crippen LogP contribution in [0.3, 0.4) is 0 Å². The average Bonchev–Trinajstić information content (AvgIpc) is 2.46. The Hall–Kier alpha value is -1.77. The maximum atomic E-state index is 12.5. The SMILES string of the molecule is CC.CC(C)c1cn2c3c(cccc3c1=O)OCC2C. The fourth-order valence-electron chi connectivity index (χ4n) is 2.57. The summed E-state index contributed by atoms with van der Waals surface area (Å²) in [6.45, 7) is 10.9. The Bertz CT molecular complexity index is 670. The standard InChI is InChI=1S/C15H17NO2.C2H6/c1-9(2)12-7-16-10(3)8-18-13-6-4-5-11(14(13)16)15(12)17;1-2/h4-7,9-10H,8H2,1-3H3;1-2H3. The highest BCUT2D eigenvalue weighted by molar-refractivity contribution is 5.86. The fourth-order valence-corrected chi connectivity index (χ4v) is 2.57. The van der Waals surface area contributed by atoms with Crippen LogP contribution in [0, 0.1) is 0 Å². The Morgan fingerprint density at radius 2 is 2.00 bits per heavy atom. The van der Waals surface area contributed by atoms with Crippen LogP contribution in [0.5, 0.6) is 5.75 Å². The van der Waals surface area contributed by atoms with E-state index in [0.717, 1.165) is 22.2 Å². The van der Waals surface area contributed by atoms with Gasteiger partial charge in [-0.25, -0.2) is 0 Å². The van der Waals surface area contributed by atoms with Crippen LogP contribution in [-0.2, 0) is 0 Å². The molecule has 3 heteroatoms. The zero-order chi connectivity index (χ0) is 14.9. The number of rotatable bonds is 1. The predicted octanol–water partition coefficient (Wildman–Crippen LogP) is 4.10. The second-order valence-electron chi connectivity index (χ2n) is 5.29. The predicted molar refractivity (Wildman–Crippen MR) is 83.9 cm³/mol. The van der Waals surface area contributed by atoms with E-state index in [9.17, 15) is 4.79 Å². The monoisotopic (exact) mass is 273 g/mol. The van der Waals surface area contributed by atoms with Gasteiger partial charge in [0.25, 0.3) is 0 Å². The van der Waals surface area contributed by atoms with Crippen molar-refractivity contribution in [2.45, 2.75) is 46.6 Å². The van der Waals surface area contributed by atoms with Crippen LogP contribution in [0.2, 0.25) is 0 Å². The van der Waals surface area contributed by atoms with Crippen molar-refractivity contribution in [1.29, 1.82) is 0 Å². The average molecular weight is 273 g/mol. The highest BCUT2D eigenvalue weighted by atomic mass is 16.5. The first-order chi connectivity index (χ1) is 9.59. The van der Waals surface area contributed by atoms with E-state index in [0.29, 0.717) is 6.61 Å². The lowest BCUT2D eigenvalue weighted by atomic mass is 10.0. The van der Waals surface area contributed by atoms with E-state index in [1.807, 2.05) is 38.2 Å². The van der Waals surface area contributed by atoms with Crippen molar-refractivity contribution >= 4 is 10.9 Å². The van der Waals surface area contributed by atoms with Gasteiger partial charge in [0.15, 0.2) is 5.43 Å². The van der Waals surface area contributed by atoms with Crippen molar-refractivity contribution in [3.05, 3.63) is 40.2 Å². The molecule has 0 fully saturated rings. The van der Waals surface area contributed by atoms with Crippen LogP contribution in [0.25, 0.3) is 10.9 Å². The van der Waals surface area contributed by atoms with Crippen LogP contribution in [-0.4, -0.2) is 11.2 Å². The number of aromatic nitrogens is 1. The fraction of sp³-hybridized carbons (Fsp3) is 0.471. The Balaban J connectivity index is 0.000000704. The summed E-state index contributed by atoms with van der Waals surface area (Å²) < 4.78 is 7.89. The van der Waals surface area contributed by atoms with Gasteiger partial charge in [0.05, 0.1) is 11.6 Å². The van der Waals surface area contributed by atoms with E-state index in [-0.39, 0.29) is 17.4 Å². The van der Waals surface area contributed by atoms with Gasteiger partial charge in [0.1, 0.15) is 12.4 Å². The third-order valence-corrected chi connectivity index (χ3v) is 3.62. The van der Waals surface area contributed by atoms with E-state index in [1.54, 1.807) is 0 Å². The maximum absolute atomic E-state index is 12.5. The summed E-state index contributed by atoms with van der Waals surface area (Å²) in [7, 11) is 0. The molecule has 1 aliphatic rings. The summed E-state index contributed by atoms with van der Waals surface area (Å²) in [4.78, 5) is 12.5. The van der Waals surface area contributed by atoms with Gasteiger partial charge in [0.2, 0.25) is 0 Å². The number of hydrogen-bond acceptors (Lipinski definition) is 2. The molecule has 3 rings (SSSR count). The van der Waals surface area contributed by atoms with Gasteiger partial charge in [-0.05, 0) is 25.0 Å². The first-order valence-electron chi connectivity index (χ1n) is 7.40. The summed E-state index contributed by atoms with van der Waals surface area (Å²) in [6.07, 6.45) is 2.01. The van der Waals surface area contributed by atoms with Crippen molar-refractivity contribution in [2.24, 2.45) is 0 Å². The third kappa shape index (κ3) is 2.21. The maximum Gasteiger partial charge on any atom is 0.192 e. The number of hydrogen-bond donors (Lipinski definition) is 0. The molecule has 1 aliphatic heterocycles. The van der Waals surface area contributed by atoms with Crippen LogP contribution >= 0.6 is 0 Å². The van der Waals surface area contributed by atoms with Crippen molar-refractivity contribution in [3.8, 4) is 5.75 Å². The molecule has 0 saturated carbocycles. The van der Waals surface area contributed by atoms with Gasteiger partial charge < -0.3 is 9.30 Å².